The molecule has 28 heavy (non-hydrogen) atoms. The van der Waals surface area contributed by atoms with Crippen LogP contribution in [0.25, 0.3) is 0 Å². The van der Waals surface area contributed by atoms with Crippen LogP contribution in [0.5, 0.6) is 0 Å². The van der Waals surface area contributed by atoms with Crippen LogP contribution in [0.15, 0.2) is 58.4 Å². The van der Waals surface area contributed by atoms with Crippen molar-refractivity contribution in [2.75, 3.05) is 19.6 Å². The lowest BCUT2D eigenvalue weighted by Gasteiger charge is -2.29. The summed E-state index contributed by atoms with van der Waals surface area (Å²) >= 11 is 0. The van der Waals surface area contributed by atoms with Gasteiger partial charge in [0, 0.05) is 26.2 Å². The highest BCUT2D eigenvalue weighted by Crippen LogP contribution is 2.17. The molecule has 0 atom stereocenters. The standard InChI is InChI=1S/C20H23N5O3/c26-20(21-6-8-24-7-5-16-3-1-2-4-17(16)9-24)25(10-18-12-27-14-22-18)11-19-13-28-15-23-19/h1-4,12-15H,5-11H2,(H,21,26). The summed E-state index contributed by atoms with van der Waals surface area (Å²) in [6.45, 7) is 4.00. The Morgan fingerprint density at radius 3 is 2.39 bits per heavy atom. The van der Waals surface area contributed by atoms with E-state index in [9.17, 15) is 4.79 Å². The van der Waals surface area contributed by atoms with E-state index in [1.165, 1.54) is 36.4 Å². The summed E-state index contributed by atoms with van der Waals surface area (Å²) in [4.78, 5) is 24.9. The first-order chi connectivity index (χ1) is 13.8. The number of carbonyl (C=O) groups excluding carboxylic acids is 1. The lowest BCUT2D eigenvalue weighted by molar-refractivity contribution is 0.186. The van der Waals surface area contributed by atoms with Gasteiger partial charge < -0.3 is 19.1 Å². The number of urea groups is 1. The van der Waals surface area contributed by atoms with Crippen molar-refractivity contribution in [2.24, 2.45) is 0 Å². The molecule has 0 bridgehead atoms. The molecule has 4 rings (SSSR count). The molecule has 3 aromatic rings. The molecule has 0 saturated heterocycles. The van der Waals surface area contributed by atoms with Gasteiger partial charge >= 0.3 is 6.03 Å². The quantitative estimate of drug-likeness (QED) is 0.676. The SMILES string of the molecule is O=C(NCCN1CCc2ccccc2C1)N(Cc1cocn1)Cc1cocn1. The summed E-state index contributed by atoms with van der Waals surface area (Å²) in [5.74, 6) is 0. The maximum Gasteiger partial charge on any atom is 0.318 e. The fourth-order valence-electron chi connectivity index (χ4n) is 3.40. The lowest BCUT2D eigenvalue weighted by atomic mass is 10.00. The molecule has 8 nitrogen and oxygen atoms in total. The van der Waals surface area contributed by atoms with Crippen LogP contribution in [-0.4, -0.2) is 45.4 Å². The van der Waals surface area contributed by atoms with Crippen LogP contribution in [0.4, 0.5) is 4.79 Å². The molecule has 2 aromatic heterocycles. The molecule has 0 unspecified atom stereocenters. The monoisotopic (exact) mass is 381 g/mol. The molecule has 0 spiro atoms. The fourth-order valence-corrected chi connectivity index (χ4v) is 3.40. The zero-order chi connectivity index (χ0) is 19.2. The van der Waals surface area contributed by atoms with Crippen molar-refractivity contribution < 1.29 is 13.6 Å². The smallest absolute Gasteiger partial charge is 0.318 e. The van der Waals surface area contributed by atoms with Gasteiger partial charge in [-0.05, 0) is 17.5 Å². The fraction of sp³-hybridized carbons (Fsp3) is 0.350. The Morgan fingerprint density at radius 2 is 1.75 bits per heavy atom. The second kappa shape index (κ2) is 8.71. The average molecular weight is 381 g/mol. The van der Waals surface area contributed by atoms with Crippen molar-refractivity contribution in [1.82, 2.24) is 25.1 Å². The minimum atomic E-state index is -0.164. The van der Waals surface area contributed by atoms with Crippen LogP contribution in [-0.2, 0) is 26.1 Å². The average Bonchev–Trinajstić information content (AvgIpc) is 3.41. The zero-order valence-electron chi connectivity index (χ0n) is 15.6. The number of carbonyl (C=O) groups is 1. The number of rotatable bonds is 7. The topological polar surface area (TPSA) is 87.6 Å². The minimum absolute atomic E-state index is 0.164. The molecule has 146 valence electrons. The number of nitrogens with one attached hydrogen (secondary N) is 1. The van der Waals surface area contributed by atoms with Gasteiger partial charge in [-0.15, -0.1) is 0 Å². The third-order valence-electron chi connectivity index (χ3n) is 4.87. The van der Waals surface area contributed by atoms with Gasteiger partial charge in [-0.2, -0.15) is 0 Å². The summed E-state index contributed by atoms with van der Waals surface area (Å²) in [5, 5.41) is 3.01. The molecule has 8 heteroatoms. The second-order valence-corrected chi connectivity index (χ2v) is 6.84. The van der Waals surface area contributed by atoms with Gasteiger partial charge in [0.25, 0.3) is 0 Å². The summed E-state index contributed by atoms with van der Waals surface area (Å²) < 4.78 is 10.0. The van der Waals surface area contributed by atoms with Crippen LogP contribution >= 0.6 is 0 Å². The molecule has 1 aliphatic rings. The Kier molecular flexibility index (Phi) is 5.67. The van der Waals surface area contributed by atoms with E-state index in [-0.39, 0.29) is 6.03 Å². The summed E-state index contributed by atoms with van der Waals surface area (Å²) in [7, 11) is 0. The lowest BCUT2D eigenvalue weighted by Crippen LogP contribution is -2.43. The van der Waals surface area contributed by atoms with Crippen molar-refractivity contribution in [3.63, 3.8) is 0 Å². The van der Waals surface area contributed by atoms with Crippen molar-refractivity contribution in [1.29, 1.82) is 0 Å². The molecule has 1 N–H and O–H groups in total. The summed E-state index contributed by atoms with van der Waals surface area (Å²) in [5.41, 5.74) is 4.17. The molecular weight excluding hydrogens is 358 g/mol. The van der Waals surface area contributed by atoms with E-state index in [1.807, 2.05) is 0 Å². The van der Waals surface area contributed by atoms with Crippen LogP contribution < -0.4 is 5.32 Å². The number of amides is 2. The predicted molar refractivity (Wildman–Crippen MR) is 101 cm³/mol. The van der Waals surface area contributed by atoms with Gasteiger partial charge in [-0.3, -0.25) is 4.90 Å². The number of nitrogens with zero attached hydrogens (tertiary/aromatic N) is 4. The highest BCUT2D eigenvalue weighted by Gasteiger charge is 2.19. The highest BCUT2D eigenvalue weighted by atomic mass is 16.3. The minimum Gasteiger partial charge on any atom is -0.451 e. The van der Waals surface area contributed by atoms with Crippen molar-refractivity contribution in [2.45, 2.75) is 26.1 Å². The first-order valence-electron chi connectivity index (χ1n) is 9.34. The van der Waals surface area contributed by atoms with E-state index in [0.29, 0.717) is 31.0 Å². The Morgan fingerprint density at radius 1 is 1.07 bits per heavy atom. The maximum absolute atomic E-state index is 12.7. The molecule has 1 aromatic carbocycles. The van der Waals surface area contributed by atoms with E-state index in [1.54, 1.807) is 4.90 Å². The zero-order valence-corrected chi connectivity index (χ0v) is 15.6. The molecule has 0 aliphatic carbocycles. The van der Waals surface area contributed by atoms with Crippen LogP contribution in [0.2, 0.25) is 0 Å². The Labute approximate surface area is 163 Å². The molecule has 3 heterocycles. The van der Waals surface area contributed by atoms with Gasteiger partial charge in [0.15, 0.2) is 12.8 Å². The van der Waals surface area contributed by atoms with Gasteiger partial charge in [0.1, 0.15) is 12.5 Å². The van der Waals surface area contributed by atoms with Crippen LogP contribution in [0.1, 0.15) is 22.5 Å². The number of aromatic nitrogens is 2. The number of oxazole rings is 2. The van der Waals surface area contributed by atoms with Crippen LogP contribution in [0, 0.1) is 0 Å². The summed E-state index contributed by atoms with van der Waals surface area (Å²) in [6, 6.07) is 8.38. The second-order valence-electron chi connectivity index (χ2n) is 6.84. The van der Waals surface area contributed by atoms with E-state index in [0.717, 1.165) is 26.1 Å². The first-order valence-corrected chi connectivity index (χ1v) is 9.34. The third-order valence-corrected chi connectivity index (χ3v) is 4.87. The number of hydrogen-bond donors (Lipinski definition) is 1. The summed E-state index contributed by atoms with van der Waals surface area (Å²) in [6.07, 6.45) is 6.84. The van der Waals surface area contributed by atoms with E-state index < -0.39 is 0 Å². The van der Waals surface area contributed by atoms with E-state index in [4.69, 9.17) is 8.83 Å². The number of hydrogen-bond acceptors (Lipinski definition) is 6. The maximum atomic E-state index is 12.7. The number of fused-ring (bicyclic) bond motifs is 1. The Bertz CT molecular complexity index is 843. The third kappa shape index (κ3) is 4.58. The van der Waals surface area contributed by atoms with Crippen molar-refractivity contribution in [3.05, 3.63) is 72.1 Å². The molecule has 0 fully saturated rings. The van der Waals surface area contributed by atoms with Gasteiger partial charge in [-0.1, -0.05) is 24.3 Å². The highest BCUT2D eigenvalue weighted by molar-refractivity contribution is 5.74. The van der Waals surface area contributed by atoms with Crippen molar-refractivity contribution in [3.8, 4) is 0 Å². The predicted octanol–water partition coefficient (Wildman–Crippen LogP) is 2.43. The Balaban J connectivity index is 1.30. The molecule has 1 aliphatic heterocycles. The largest absolute Gasteiger partial charge is 0.451 e. The first kappa shape index (κ1) is 18.2. The van der Waals surface area contributed by atoms with Gasteiger partial charge in [0.2, 0.25) is 0 Å². The van der Waals surface area contributed by atoms with Crippen LogP contribution in [0.3, 0.4) is 0 Å². The van der Waals surface area contributed by atoms with Crippen molar-refractivity contribution >= 4 is 6.03 Å². The normalized spacial score (nSPS) is 13.9. The molecular formula is C20H23N5O3. The molecule has 2 amide bonds. The van der Waals surface area contributed by atoms with Gasteiger partial charge in [0.05, 0.1) is 24.5 Å². The van der Waals surface area contributed by atoms with E-state index in [2.05, 4.69) is 44.5 Å². The molecule has 0 saturated carbocycles. The number of benzene rings is 1. The van der Waals surface area contributed by atoms with Gasteiger partial charge in [-0.25, -0.2) is 14.8 Å². The Hall–Kier alpha value is -3.13. The van der Waals surface area contributed by atoms with E-state index >= 15 is 0 Å². The molecule has 0 radical (unpaired) electrons.